The van der Waals surface area contributed by atoms with Gasteiger partial charge in [-0.25, -0.2) is 9.48 Å². The average Bonchev–Trinajstić information content (AvgIpc) is 3.34. The van der Waals surface area contributed by atoms with Gasteiger partial charge in [0.1, 0.15) is 6.61 Å². The van der Waals surface area contributed by atoms with Gasteiger partial charge in [0.15, 0.2) is 0 Å². The molecule has 0 fully saturated rings. The van der Waals surface area contributed by atoms with Crippen molar-refractivity contribution < 1.29 is 4.74 Å². The van der Waals surface area contributed by atoms with Crippen molar-refractivity contribution in [3.8, 4) is 17.3 Å². The van der Waals surface area contributed by atoms with Gasteiger partial charge >= 0.3 is 5.69 Å². The number of aryl methyl sites for hydroxylation is 1. The van der Waals surface area contributed by atoms with E-state index in [1.54, 1.807) is 41.7 Å². The minimum Gasteiger partial charge on any atom is -0.472 e. The second kappa shape index (κ2) is 8.14. The monoisotopic (exact) mass is 428 g/mol. The summed E-state index contributed by atoms with van der Waals surface area (Å²) < 4.78 is 10.1. The van der Waals surface area contributed by atoms with Gasteiger partial charge in [-0.2, -0.15) is 9.36 Å². The van der Waals surface area contributed by atoms with Gasteiger partial charge < -0.3 is 4.74 Å². The Kier molecular flexibility index (Phi) is 5.41. The topological polar surface area (TPSA) is 79.8 Å². The normalized spacial score (nSPS) is 11.0. The number of nitrogens with zero attached hydrogens (tertiary/aromatic N) is 6. The zero-order valence-electron chi connectivity index (χ0n) is 15.7. The highest BCUT2D eigenvalue weighted by atomic mass is 35.5. The van der Waals surface area contributed by atoms with Crippen LogP contribution in [0.3, 0.4) is 0 Å². The Labute approximate surface area is 175 Å². The molecular formula is C19H17ClN6O2S. The maximum Gasteiger partial charge on any atom is 0.368 e. The van der Waals surface area contributed by atoms with Gasteiger partial charge in [-0.1, -0.05) is 17.7 Å². The van der Waals surface area contributed by atoms with E-state index in [9.17, 15) is 4.79 Å². The molecule has 2 aromatic heterocycles. The first-order valence-electron chi connectivity index (χ1n) is 8.66. The third kappa shape index (κ3) is 3.92. The highest BCUT2D eigenvalue weighted by Crippen LogP contribution is 2.26. The van der Waals surface area contributed by atoms with Crippen LogP contribution >= 0.6 is 23.4 Å². The molecule has 0 atom stereocenters. The second-order valence-corrected chi connectivity index (χ2v) is 7.40. The third-order valence-electron chi connectivity index (χ3n) is 4.30. The van der Waals surface area contributed by atoms with Crippen molar-refractivity contribution in [3.63, 3.8) is 0 Å². The number of ether oxygens (including phenoxy) is 1. The van der Waals surface area contributed by atoms with Gasteiger partial charge in [-0.3, -0.25) is 0 Å². The molecule has 29 heavy (non-hydrogen) atoms. The summed E-state index contributed by atoms with van der Waals surface area (Å²) in [7, 11) is 1.56. The maximum atomic E-state index is 12.3. The van der Waals surface area contributed by atoms with E-state index in [0.29, 0.717) is 16.6 Å². The third-order valence-corrected chi connectivity index (χ3v) is 5.37. The number of aromatic nitrogens is 6. The lowest BCUT2D eigenvalue weighted by Gasteiger charge is -2.12. The molecule has 0 saturated heterocycles. The summed E-state index contributed by atoms with van der Waals surface area (Å²) in [5, 5.41) is 12.9. The standard InChI is InChI=1S/C19H17ClN6O2S/c1-24-19(27)26(23-22-24)16-4-3-5-17(29-2)15(16)12-28-18-10-11-25(21-18)14-8-6-13(20)7-9-14/h3-11H,12H2,1-2H3. The fraction of sp³-hybridized carbons (Fsp3) is 0.158. The SMILES string of the molecule is CSc1cccc(-n2nnn(C)c2=O)c1COc1ccn(-c2ccc(Cl)cc2)n1. The van der Waals surface area contributed by atoms with E-state index in [1.807, 2.05) is 42.8 Å². The largest absolute Gasteiger partial charge is 0.472 e. The van der Waals surface area contributed by atoms with Crippen LogP contribution in [0.25, 0.3) is 11.4 Å². The Hall–Kier alpha value is -3.04. The van der Waals surface area contributed by atoms with Crippen molar-refractivity contribution in [3.05, 3.63) is 75.8 Å². The van der Waals surface area contributed by atoms with Crippen molar-refractivity contribution in [2.24, 2.45) is 7.05 Å². The molecule has 0 aliphatic rings. The minimum atomic E-state index is -0.323. The van der Waals surface area contributed by atoms with Crippen LogP contribution in [0.1, 0.15) is 5.56 Å². The Morgan fingerprint density at radius 3 is 2.59 bits per heavy atom. The maximum absolute atomic E-state index is 12.3. The Morgan fingerprint density at radius 2 is 1.90 bits per heavy atom. The van der Waals surface area contributed by atoms with Crippen LogP contribution < -0.4 is 10.4 Å². The lowest BCUT2D eigenvalue weighted by molar-refractivity contribution is 0.288. The zero-order chi connectivity index (χ0) is 20.4. The number of halogens is 1. The quantitative estimate of drug-likeness (QED) is 0.439. The summed E-state index contributed by atoms with van der Waals surface area (Å²) in [6, 6.07) is 14.8. The van der Waals surface area contributed by atoms with E-state index in [0.717, 1.165) is 16.1 Å². The van der Waals surface area contributed by atoms with Crippen molar-refractivity contribution in [1.29, 1.82) is 0 Å². The first-order valence-corrected chi connectivity index (χ1v) is 10.3. The van der Waals surface area contributed by atoms with Crippen LogP contribution in [-0.2, 0) is 13.7 Å². The Morgan fingerprint density at radius 1 is 1.10 bits per heavy atom. The Bertz CT molecular complexity index is 1200. The molecule has 0 bridgehead atoms. The highest BCUT2D eigenvalue weighted by molar-refractivity contribution is 7.98. The molecule has 0 amide bonds. The van der Waals surface area contributed by atoms with E-state index in [1.165, 1.54) is 9.36 Å². The fourth-order valence-corrected chi connectivity index (χ4v) is 3.57. The van der Waals surface area contributed by atoms with Crippen molar-refractivity contribution in [2.75, 3.05) is 6.26 Å². The van der Waals surface area contributed by atoms with E-state index in [2.05, 4.69) is 15.5 Å². The highest BCUT2D eigenvalue weighted by Gasteiger charge is 2.15. The van der Waals surface area contributed by atoms with Crippen LogP contribution in [0.2, 0.25) is 5.02 Å². The van der Waals surface area contributed by atoms with Crippen LogP contribution in [0.15, 0.2) is 64.4 Å². The second-order valence-electron chi connectivity index (χ2n) is 6.12. The van der Waals surface area contributed by atoms with Crippen molar-refractivity contribution >= 4 is 23.4 Å². The van der Waals surface area contributed by atoms with Crippen molar-refractivity contribution in [2.45, 2.75) is 11.5 Å². The molecule has 4 aromatic rings. The van der Waals surface area contributed by atoms with Gasteiger partial charge in [0.05, 0.1) is 11.4 Å². The predicted octanol–water partition coefficient (Wildman–Crippen LogP) is 3.11. The van der Waals surface area contributed by atoms with Gasteiger partial charge in [0.25, 0.3) is 0 Å². The number of hydrogen-bond donors (Lipinski definition) is 0. The first-order chi connectivity index (χ1) is 14.1. The molecule has 0 aliphatic carbocycles. The molecule has 0 radical (unpaired) electrons. The lowest BCUT2D eigenvalue weighted by Crippen LogP contribution is -2.23. The molecule has 0 unspecified atom stereocenters. The van der Waals surface area contributed by atoms with Crippen LogP contribution in [0.5, 0.6) is 5.88 Å². The number of rotatable bonds is 6. The first kappa shape index (κ1) is 19.3. The van der Waals surface area contributed by atoms with E-state index in [4.69, 9.17) is 16.3 Å². The van der Waals surface area contributed by atoms with E-state index < -0.39 is 0 Å². The van der Waals surface area contributed by atoms with Gasteiger partial charge in [0, 0.05) is 34.8 Å². The molecule has 8 nitrogen and oxygen atoms in total. The molecule has 0 saturated carbocycles. The lowest BCUT2D eigenvalue weighted by atomic mass is 10.2. The summed E-state index contributed by atoms with van der Waals surface area (Å²) in [6.45, 7) is 0.229. The smallest absolute Gasteiger partial charge is 0.368 e. The Balaban J connectivity index is 1.61. The van der Waals surface area contributed by atoms with Crippen molar-refractivity contribution in [1.82, 2.24) is 29.6 Å². The minimum absolute atomic E-state index is 0.229. The predicted molar refractivity (Wildman–Crippen MR) is 111 cm³/mol. The van der Waals surface area contributed by atoms with Crippen LogP contribution in [0.4, 0.5) is 0 Å². The average molecular weight is 429 g/mol. The van der Waals surface area contributed by atoms with E-state index >= 15 is 0 Å². The summed E-state index contributed by atoms with van der Waals surface area (Å²) >= 11 is 7.50. The summed E-state index contributed by atoms with van der Waals surface area (Å²) in [5.74, 6) is 0.466. The summed E-state index contributed by atoms with van der Waals surface area (Å²) in [6.07, 6.45) is 3.78. The number of benzene rings is 2. The molecule has 2 aromatic carbocycles. The molecule has 10 heteroatoms. The van der Waals surface area contributed by atoms with Gasteiger partial charge in [-0.15, -0.1) is 16.9 Å². The summed E-state index contributed by atoms with van der Waals surface area (Å²) in [5.41, 5.74) is 2.02. The molecule has 2 heterocycles. The fourth-order valence-electron chi connectivity index (χ4n) is 2.82. The summed E-state index contributed by atoms with van der Waals surface area (Å²) in [4.78, 5) is 13.3. The van der Waals surface area contributed by atoms with E-state index in [-0.39, 0.29) is 12.3 Å². The van der Waals surface area contributed by atoms with Gasteiger partial charge in [0.2, 0.25) is 5.88 Å². The number of tetrazole rings is 1. The number of hydrogen-bond acceptors (Lipinski definition) is 6. The molecule has 0 spiro atoms. The van der Waals surface area contributed by atoms with Crippen LogP contribution in [-0.4, -0.2) is 35.8 Å². The molecular weight excluding hydrogens is 412 g/mol. The van der Waals surface area contributed by atoms with Crippen LogP contribution in [0, 0.1) is 0 Å². The zero-order valence-corrected chi connectivity index (χ0v) is 17.3. The number of thioether (sulfide) groups is 1. The van der Waals surface area contributed by atoms with Gasteiger partial charge in [-0.05, 0) is 53.1 Å². The molecule has 0 N–H and O–H groups in total. The molecule has 4 rings (SSSR count). The molecule has 0 aliphatic heterocycles. The molecule has 148 valence electrons.